The van der Waals surface area contributed by atoms with Crippen molar-refractivity contribution in [2.45, 2.75) is 17.0 Å². The van der Waals surface area contributed by atoms with Crippen LogP contribution in [0.5, 0.6) is 0 Å². The number of nitrogens with zero attached hydrogens (tertiary/aromatic N) is 1. The molecule has 6 heteroatoms. The molecule has 0 bridgehead atoms. The minimum atomic E-state index is -0.102. The Morgan fingerprint density at radius 1 is 1.11 bits per heavy atom. The van der Waals surface area contributed by atoms with Gasteiger partial charge < -0.3 is 5.32 Å². The molecule has 1 N–H and O–H groups in total. The molecule has 0 aliphatic carbocycles. The lowest BCUT2D eigenvalue weighted by Gasteiger charge is -2.07. The fraction of sp³-hybridized carbons (Fsp3) is 0.0909. The molecule has 1 aromatic heterocycles. The molecule has 4 aromatic rings. The third-order valence-electron chi connectivity index (χ3n) is 4.33. The summed E-state index contributed by atoms with van der Waals surface area (Å²) in [5, 5.41) is 3.76. The third kappa shape index (κ3) is 4.22. The van der Waals surface area contributed by atoms with Crippen molar-refractivity contribution in [2.24, 2.45) is 0 Å². The summed E-state index contributed by atoms with van der Waals surface area (Å²) in [5.74, 6) is 0.673. The predicted molar refractivity (Wildman–Crippen MR) is 120 cm³/mol. The Morgan fingerprint density at radius 2 is 1.89 bits per heavy atom. The second kappa shape index (κ2) is 8.35. The minimum absolute atomic E-state index is 0.102. The molecular weight excluding hydrogens is 408 g/mol. The number of thioether (sulfide) groups is 1. The molecule has 1 amide bonds. The zero-order chi connectivity index (χ0) is 19.5. The number of amides is 1. The van der Waals surface area contributed by atoms with Crippen molar-refractivity contribution in [3.05, 3.63) is 88.4 Å². The van der Waals surface area contributed by atoms with E-state index in [1.807, 2.05) is 73.7 Å². The van der Waals surface area contributed by atoms with Gasteiger partial charge in [-0.05, 0) is 48.4 Å². The van der Waals surface area contributed by atoms with Crippen LogP contribution in [0.25, 0.3) is 10.2 Å². The molecular formula is C22H17ClN2OS2. The molecule has 0 atom stereocenters. The highest BCUT2D eigenvalue weighted by molar-refractivity contribution is 8.00. The second-order valence-electron chi connectivity index (χ2n) is 6.31. The van der Waals surface area contributed by atoms with E-state index in [9.17, 15) is 4.79 Å². The summed E-state index contributed by atoms with van der Waals surface area (Å²) in [6, 6.07) is 21.2. The highest BCUT2D eigenvalue weighted by atomic mass is 35.5. The first-order valence-corrected chi connectivity index (χ1v) is 10.9. The van der Waals surface area contributed by atoms with Crippen molar-refractivity contribution in [3.63, 3.8) is 0 Å². The van der Waals surface area contributed by atoms with Gasteiger partial charge in [-0.25, -0.2) is 4.98 Å². The molecule has 0 saturated heterocycles. The lowest BCUT2D eigenvalue weighted by Crippen LogP contribution is -2.13. The SMILES string of the molecule is Cc1ccccc1C(=O)Nc1ccc2nc(SCc3ccccc3Cl)sc2c1. The molecule has 0 radical (unpaired) electrons. The highest BCUT2D eigenvalue weighted by Crippen LogP contribution is 2.34. The van der Waals surface area contributed by atoms with Gasteiger partial charge in [0.2, 0.25) is 0 Å². The first-order valence-electron chi connectivity index (χ1n) is 8.74. The van der Waals surface area contributed by atoms with E-state index in [0.29, 0.717) is 5.56 Å². The van der Waals surface area contributed by atoms with E-state index in [1.54, 1.807) is 23.1 Å². The molecule has 3 nitrogen and oxygen atoms in total. The number of aromatic nitrogens is 1. The lowest BCUT2D eigenvalue weighted by atomic mass is 10.1. The summed E-state index contributed by atoms with van der Waals surface area (Å²) in [6.07, 6.45) is 0. The number of hydrogen-bond donors (Lipinski definition) is 1. The van der Waals surface area contributed by atoms with Crippen LogP contribution in [0.3, 0.4) is 0 Å². The van der Waals surface area contributed by atoms with E-state index in [0.717, 1.165) is 42.1 Å². The first-order chi connectivity index (χ1) is 13.6. The quantitative estimate of drug-likeness (QED) is 0.358. The van der Waals surface area contributed by atoms with E-state index >= 15 is 0 Å². The number of anilines is 1. The van der Waals surface area contributed by atoms with Crippen molar-refractivity contribution in [2.75, 3.05) is 5.32 Å². The Balaban J connectivity index is 1.49. The molecule has 0 spiro atoms. The average Bonchev–Trinajstić information content (AvgIpc) is 3.10. The Hall–Kier alpha value is -2.34. The van der Waals surface area contributed by atoms with Crippen molar-refractivity contribution in [3.8, 4) is 0 Å². The van der Waals surface area contributed by atoms with E-state index in [2.05, 4.69) is 10.3 Å². The van der Waals surface area contributed by atoms with Gasteiger partial charge in [-0.2, -0.15) is 0 Å². The van der Waals surface area contributed by atoms with Gasteiger partial charge >= 0.3 is 0 Å². The maximum atomic E-state index is 12.5. The van der Waals surface area contributed by atoms with Gasteiger partial charge in [0.1, 0.15) is 0 Å². The molecule has 28 heavy (non-hydrogen) atoms. The Labute approximate surface area is 176 Å². The number of fused-ring (bicyclic) bond motifs is 1. The monoisotopic (exact) mass is 424 g/mol. The van der Waals surface area contributed by atoms with E-state index < -0.39 is 0 Å². The number of hydrogen-bond acceptors (Lipinski definition) is 4. The van der Waals surface area contributed by atoms with Crippen LogP contribution in [0.1, 0.15) is 21.5 Å². The van der Waals surface area contributed by atoms with Crippen LogP contribution in [0, 0.1) is 6.92 Å². The number of halogens is 1. The van der Waals surface area contributed by atoms with Crippen molar-refractivity contribution >= 4 is 56.5 Å². The highest BCUT2D eigenvalue weighted by Gasteiger charge is 2.11. The summed E-state index contributed by atoms with van der Waals surface area (Å²) in [4.78, 5) is 17.2. The van der Waals surface area contributed by atoms with Crippen LogP contribution in [-0.4, -0.2) is 10.9 Å². The zero-order valence-electron chi connectivity index (χ0n) is 15.1. The number of rotatable bonds is 5. The van der Waals surface area contributed by atoms with Crippen molar-refractivity contribution in [1.29, 1.82) is 0 Å². The molecule has 4 rings (SSSR count). The fourth-order valence-electron chi connectivity index (χ4n) is 2.82. The number of benzene rings is 3. The molecule has 3 aromatic carbocycles. The maximum Gasteiger partial charge on any atom is 0.255 e. The molecule has 140 valence electrons. The largest absolute Gasteiger partial charge is 0.322 e. The van der Waals surface area contributed by atoms with Crippen LogP contribution in [0.2, 0.25) is 5.02 Å². The molecule has 0 aliphatic rings. The van der Waals surface area contributed by atoms with Crippen LogP contribution in [-0.2, 0) is 5.75 Å². The average molecular weight is 425 g/mol. The number of thiazole rings is 1. The van der Waals surface area contributed by atoms with E-state index in [-0.39, 0.29) is 5.91 Å². The summed E-state index contributed by atoms with van der Waals surface area (Å²) in [6.45, 7) is 1.93. The predicted octanol–water partition coefficient (Wildman–Crippen LogP) is 6.80. The summed E-state index contributed by atoms with van der Waals surface area (Å²) in [5.41, 5.74) is 4.44. The molecule has 0 unspecified atom stereocenters. The normalized spacial score (nSPS) is 10.9. The summed E-state index contributed by atoms with van der Waals surface area (Å²) in [7, 11) is 0. The van der Waals surface area contributed by atoms with Crippen LogP contribution in [0.4, 0.5) is 5.69 Å². The maximum absolute atomic E-state index is 12.5. The van der Waals surface area contributed by atoms with Gasteiger partial charge in [0, 0.05) is 22.0 Å². The van der Waals surface area contributed by atoms with Gasteiger partial charge in [0.25, 0.3) is 5.91 Å². The van der Waals surface area contributed by atoms with E-state index in [1.165, 1.54) is 0 Å². The summed E-state index contributed by atoms with van der Waals surface area (Å²) < 4.78 is 2.03. The summed E-state index contributed by atoms with van der Waals surface area (Å²) >= 11 is 9.52. The fourth-order valence-corrected chi connectivity index (χ4v) is 5.22. The molecule has 0 saturated carbocycles. The van der Waals surface area contributed by atoms with Gasteiger partial charge in [0.15, 0.2) is 4.34 Å². The van der Waals surface area contributed by atoms with Crippen molar-refractivity contribution in [1.82, 2.24) is 4.98 Å². The Morgan fingerprint density at radius 3 is 2.71 bits per heavy atom. The molecule has 1 heterocycles. The Bertz CT molecular complexity index is 1160. The van der Waals surface area contributed by atoms with Gasteiger partial charge in [-0.3, -0.25) is 4.79 Å². The van der Waals surface area contributed by atoms with Gasteiger partial charge in [0.05, 0.1) is 10.2 Å². The third-order valence-corrected chi connectivity index (χ3v) is 6.90. The lowest BCUT2D eigenvalue weighted by molar-refractivity contribution is 0.102. The zero-order valence-corrected chi connectivity index (χ0v) is 17.5. The van der Waals surface area contributed by atoms with Gasteiger partial charge in [-0.1, -0.05) is 59.8 Å². The minimum Gasteiger partial charge on any atom is -0.322 e. The number of carbonyl (C=O) groups is 1. The second-order valence-corrected chi connectivity index (χ2v) is 8.97. The number of carbonyl (C=O) groups excluding carboxylic acids is 1. The molecule has 0 aliphatic heterocycles. The van der Waals surface area contributed by atoms with E-state index in [4.69, 9.17) is 11.6 Å². The molecule has 0 fully saturated rings. The van der Waals surface area contributed by atoms with Crippen molar-refractivity contribution < 1.29 is 4.79 Å². The van der Waals surface area contributed by atoms with Crippen LogP contribution >= 0.6 is 34.7 Å². The first kappa shape index (κ1) is 19.0. The van der Waals surface area contributed by atoms with Crippen LogP contribution in [0.15, 0.2) is 71.1 Å². The topological polar surface area (TPSA) is 42.0 Å². The number of nitrogens with one attached hydrogen (secondary N) is 1. The van der Waals surface area contributed by atoms with Gasteiger partial charge in [-0.15, -0.1) is 11.3 Å². The number of aryl methyl sites for hydroxylation is 1. The standard InChI is InChI=1S/C22H17ClN2OS2/c1-14-6-2-4-8-17(14)21(26)24-16-10-11-19-20(12-16)28-22(25-19)27-13-15-7-3-5-9-18(15)23/h2-12H,13H2,1H3,(H,24,26). The Kier molecular flexibility index (Phi) is 5.67. The van der Waals surface area contributed by atoms with Crippen LogP contribution < -0.4 is 5.32 Å². The smallest absolute Gasteiger partial charge is 0.255 e.